The number of aliphatic hydroxyl groups is 1. The lowest BCUT2D eigenvalue weighted by Crippen LogP contribution is -2.57. The Morgan fingerprint density at radius 2 is 2.08 bits per heavy atom. The molecule has 0 saturated carbocycles. The monoisotopic (exact) mass is 394 g/mol. The number of rotatable bonds is 5. The molecule has 0 aliphatic carbocycles. The van der Waals surface area contributed by atoms with Crippen molar-refractivity contribution in [3.8, 4) is 0 Å². The minimum atomic E-state index is -4.99. The van der Waals surface area contributed by atoms with Crippen molar-refractivity contribution in [2.24, 2.45) is 11.0 Å². The molecule has 138 valence electrons. The zero-order valence-corrected chi connectivity index (χ0v) is 15.3. The van der Waals surface area contributed by atoms with Crippen molar-refractivity contribution in [3.05, 3.63) is 34.9 Å². The molecule has 0 saturated heterocycles. The van der Waals surface area contributed by atoms with Crippen LogP contribution in [0, 0.1) is 5.92 Å². The molecular formula is C16H18ClF3N2O2S. The maximum Gasteiger partial charge on any atom is 0.438 e. The van der Waals surface area contributed by atoms with Crippen LogP contribution in [0.2, 0.25) is 5.02 Å². The maximum absolute atomic E-state index is 13.3. The molecule has 0 radical (unpaired) electrons. The Labute approximate surface area is 153 Å². The van der Waals surface area contributed by atoms with Crippen LogP contribution in [-0.2, 0) is 10.5 Å². The molecule has 1 aliphatic rings. The van der Waals surface area contributed by atoms with Gasteiger partial charge in [-0.15, -0.1) is 11.8 Å². The van der Waals surface area contributed by atoms with Gasteiger partial charge in [0.15, 0.2) is 0 Å². The highest BCUT2D eigenvalue weighted by Crippen LogP contribution is 2.41. The maximum atomic E-state index is 13.3. The lowest BCUT2D eigenvalue weighted by Gasteiger charge is -2.32. The van der Waals surface area contributed by atoms with E-state index in [-0.39, 0.29) is 22.4 Å². The third-order valence-electron chi connectivity index (χ3n) is 3.80. The smallest absolute Gasteiger partial charge is 0.362 e. The normalized spacial score (nSPS) is 21.0. The zero-order valence-electron chi connectivity index (χ0n) is 13.7. The van der Waals surface area contributed by atoms with Crippen LogP contribution in [-0.4, -0.2) is 39.4 Å². The number of halogens is 4. The van der Waals surface area contributed by atoms with E-state index in [1.807, 2.05) is 0 Å². The van der Waals surface area contributed by atoms with Crippen LogP contribution in [0.1, 0.15) is 25.8 Å². The fourth-order valence-electron chi connectivity index (χ4n) is 2.30. The third kappa shape index (κ3) is 4.30. The molecule has 4 nitrogen and oxygen atoms in total. The topological polar surface area (TPSA) is 52.9 Å². The summed E-state index contributed by atoms with van der Waals surface area (Å²) in [5.41, 5.74) is -2.36. The summed E-state index contributed by atoms with van der Waals surface area (Å²) in [7, 11) is 0. The Balaban J connectivity index is 2.08. The van der Waals surface area contributed by atoms with Crippen LogP contribution in [0.3, 0.4) is 0 Å². The molecule has 1 aliphatic heterocycles. The molecule has 1 aromatic carbocycles. The van der Waals surface area contributed by atoms with Crippen LogP contribution in [0.25, 0.3) is 0 Å². The first-order valence-electron chi connectivity index (χ1n) is 7.57. The second-order valence-electron chi connectivity index (χ2n) is 6.03. The van der Waals surface area contributed by atoms with E-state index in [1.165, 1.54) is 0 Å². The van der Waals surface area contributed by atoms with Gasteiger partial charge in [-0.2, -0.15) is 23.3 Å². The third-order valence-corrected chi connectivity index (χ3v) is 5.14. The molecule has 9 heteroatoms. The second kappa shape index (κ2) is 7.55. The van der Waals surface area contributed by atoms with Gasteiger partial charge < -0.3 is 5.11 Å². The summed E-state index contributed by atoms with van der Waals surface area (Å²) in [5.74, 6) is -1.09. The number of nitrogens with zero attached hydrogens (tertiary/aromatic N) is 2. The van der Waals surface area contributed by atoms with Crippen LogP contribution < -0.4 is 0 Å². The summed E-state index contributed by atoms with van der Waals surface area (Å²) in [6.07, 6.45) is -5.72. The largest absolute Gasteiger partial charge is 0.438 e. The molecule has 0 spiro atoms. The van der Waals surface area contributed by atoms with Crippen LogP contribution in [0.15, 0.2) is 29.4 Å². The Bertz CT molecular complexity index is 682. The van der Waals surface area contributed by atoms with Gasteiger partial charge in [-0.25, -0.2) is 0 Å². The van der Waals surface area contributed by atoms with Crippen LogP contribution in [0.4, 0.5) is 13.2 Å². The second-order valence-corrected chi connectivity index (χ2v) is 7.42. The molecule has 1 N–H and O–H groups in total. The summed E-state index contributed by atoms with van der Waals surface area (Å²) in [5, 5.41) is 14.5. The number of hydrogen-bond acceptors (Lipinski definition) is 4. The molecule has 1 amide bonds. The Kier molecular flexibility index (Phi) is 6.06. The fourth-order valence-corrected chi connectivity index (χ4v) is 3.45. The summed E-state index contributed by atoms with van der Waals surface area (Å²) < 4.78 is 39.9. The predicted octanol–water partition coefficient (Wildman–Crippen LogP) is 4.07. The molecule has 2 rings (SSSR count). The SMILES string of the molecule is CC(C)C1=NN(C(=O)CSCc2ccccc2Cl)[C@@](O)(C(F)(F)F)C1. The van der Waals surface area contributed by atoms with Gasteiger partial charge in [-0.3, -0.25) is 4.79 Å². The average molecular weight is 395 g/mol. The zero-order chi connectivity index (χ0) is 18.8. The standard InChI is InChI=1S/C16H18ClF3N2O2S/c1-10(2)13-7-15(24,16(18,19)20)22(21-13)14(23)9-25-8-11-5-3-4-6-12(11)17/h3-6,10,24H,7-9H2,1-2H3/t15-/m0/s1. The van der Waals surface area contributed by atoms with Gasteiger partial charge in [0.1, 0.15) is 0 Å². The van der Waals surface area contributed by atoms with Gasteiger partial charge in [0.05, 0.1) is 5.75 Å². The molecule has 0 bridgehead atoms. The Morgan fingerprint density at radius 1 is 1.44 bits per heavy atom. The first-order valence-corrected chi connectivity index (χ1v) is 9.10. The van der Waals surface area contributed by atoms with E-state index in [4.69, 9.17) is 11.6 Å². The lowest BCUT2D eigenvalue weighted by molar-refractivity contribution is -0.301. The van der Waals surface area contributed by atoms with E-state index in [9.17, 15) is 23.1 Å². The van der Waals surface area contributed by atoms with E-state index < -0.39 is 24.2 Å². The molecule has 1 aromatic rings. The van der Waals surface area contributed by atoms with Gasteiger partial charge in [0.25, 0.3) is 11.6 Å². The van der Waals surface area contributed by atoms with Gasteiger partial charge in [0, 0.05) is 22.9 Å². The highest BCUT2D eigenvalue weighted by molar-refractivity contribution is 7.99. The lowest BCUT2D eigenvalue weighted by atomic mass is 9.99. The first kappa shape index (κ1) is 20.1. The fraction of sp³-hybridized carbons (Fsp3) is 0.500. The van der Waals surface area contributed by atoms with Crippen molar-refractivity contribution >= 4 is 35.0 Å². The number of carbonyl (C=O) groups is 1. The molecule has 1 atom stereocenters. The van der Waals surface area contributed by atoms with E-state index in [1.54, 1.807) is 38.1 Å². The number of alkyl halides is 3. The van der Waals surface area contributed by atoms with Crippen molar-refractivity contribution < 1.29 is 23.1 Å². The summed E-state index contributed by atoms with van der Waals surface area (Å²) in [4.78, 5) is 12.3. The molecular weight excluding hydrogens is 377 g/mol. The molecule has 1 heterocycles. The molecule has 0 unspecified atom stereocenters. The highest BCUT2D eigenvalue weighted by atomic mass is 35.5. The van der Waals surface area contributed by atoms with Crippen LogP contribution in [0.5, 0.6) is 0 Å². The predicted molar refractivity (Wildman–Crippen MR) is 92.4 cm³/mol. The van der Waals surface area contributed by atoms with Crippen molar-refractivity contribution in [3.63, 3.8) is 0 Å². The quantitative estimate of drug-likeness (QED) is 0.819. The molecule has 0 fully saturated rings. The average Bonchev–Trinajstić information content (AvgIpc) is 2.88. The van der Waals surface area contributed by atoms with Crippen LogP contribution >= 0.6 is 23.4 Å². The summed E-state index contributed by atoms with van der Waals surface area (Å²) in [6.45, 7) is 3.32. The van der Waals surface area contributed by atoms with Crippen molar-refractivity contribution in [1.82, 2.24) is 5.01 Å². The minimum absolute atomic E-state index is 0.143. The van der Waals surface area contributed by atoms with Crippen molar-refractivity contribution in [2.75, 3.05) is 5.75 Å². The van der Waals surface area contributed by atoms with Crippen molar-refractivity contribution in [2.45, 2.75) is 37.9 Å². The number of amides is 1. The number of hydrogen-bond donors (Lipinski definition) is 1. The Morgan fingerprint density at radius 3 is 2.64 bits per heavy atom. The van der Waals surface area contributed by atoms with Gasteiger partial charge in [0.2, 0.25) is 0 Å². The molecule has 25 heavy (non-hydrogen) atoms. The Hall–Kier alpha value is -1.25. The minimum Gasteiger partial charge on any atom is -0.362 e. The van der Waals surface area contributed by atoms with E-state index >= 15 is 0 Å². The van der Waals surface area contributed by atoms with Gasteiger partial charge in [-0.05, 0) is 17.5 Å². The molecule has 0 aromatic heterocycles. The van der Waals surface area contributed by atoms with E-state index in [0.29, 0.717) is 10.8 Å². The summed E-state index contributed by atoms with van der Waals surface area (Å²) in [6, 6.07) is 7.02. The van der Waals surface area contributed by atoms with E-state index in [0.717, 1.165) is 17.3 Å². The number of carbonyl (C=O) groups excluding carboxylic acids is 1. The number of thioether (sulfide) groups is 1. The van der Waals surface area contributed by atoms with E-state index in [2.05, 4.69) is 5.10 Å². The highest BCUT2D eigenvalue weighted by Gasteiger charge is 2.63. The summed E-state index contributed by atoms with van der Waals surface area (Å²) >= 11 is 7.12. The number of hydrazone groups is 1. The number of benzene rings is 1. The van der Waals surface area contributed by atoms with Gasteiger partial charge in [-0.1, -0.05) is 43.6 Å². The van der Waals surface area contributed by atoms with Crippen molar-refractivity contribution in [1.29, 1.82) is 0 Å². The first-order chi connectivity index (χ1) is 11.6. The van der Waals surface area contributed by atoms with Gasteiger partial charge >= 0.3 is 6.18 Å².